The minimum Gasteiger partial charge on any atom is -0.332 e. The molecule has 0 amide bonds. The van der Waals surface area contributed by atoms with Gasteiger partial charge < -0.3 is 4.90 Å². The molecular weight excluding hydrogens is 391 g/mol. The van der Waals surface area contributed by atoms with E-state index in [1.54, 1.807) is 10.7 Å². The van der Waals surface area contributed by atoms with Crippen LogP contribution in [-0.4, -0.2) is 21.3 Å². The summed E-state index contributed by atoms with van der Waals surface area (Å²) in [6, 6.07) is 16.3. The molecule has 3 aromatic rings. The Labute approximate surface area is 177 Å². The fraction of sp³-hybridized carbons (Fsp3) is 0.364. The normalized spacial score (nSPS) is 12.2. The summed E-state index contributed by atoms with van der Waals surface area (Å²) in [6.45, 7) is 7.23. The molecule has 1 heterocycles. The third kappa shape index (κ3) is 4.50. The highest BCUT2D eigenvalue weighted by Gasteiger charge is 2.24. The van der Waals surface area contributed by atoms with Crippen molar-refractivity contribution >= 4 is 29.2 Å². The second-order valence-corrected chi connectivity index (χ2v) is 7.72. The number of benzene rings is 2. The minimum absolute atomic E-state index is 0.238. The Balaban J connectivity index is 2.02. The van der Waals surface area contributed by atoms with E-state index in [9.17, 15) is 0 Å². The van der Waals surface area contributed by atoms with Crippen LogP contribution in [0.5, 0.6) is 0 Å². The van der Waals surface area contributed by atoms with Crippen LogP contribution < -0.4 is 4.90 Å². The van der Waals surface area contributed by atoms with Crippen molar-refractivity contribution in [2.45, 2.75) is 46.1 Å². The van der Waals surface area contributed by atoms with Crippen molar-refractivity contribution in [2.75, 3.05) is 11.4 Å². The Morgan fingerprint density at radius 2 is 1.79 bits per heavy atom. The van der Waals surface area contributed by atoms with Crippen molar-refractivity contribution in [3.63, 3.8) is 0 Å². The van der Waals surface area contributed by atoms with E-state index in [1.807, 2.05) is 19.1 Å². The largest absolute Gasteiger partial charge is 0.332 e. The van der Waals surface area contributed by atoms with Crippen molar-refractivity contribution in [1.82, 2.24) is 14.8 Å². The Hall–Kier alpha value is -2.04. The maximum absolute atomic E-state index is 6.41. The molecule has 0 saturated carbocycles. The molecule has 1 unspecified atom stereocenters. The smallest absolute Gasteiger partial charge is 0.245 e. The molecular formula is C22H26Cl2N4. The lowest BCUT2D eigenvalue weighted by molar-refractivity contribution is 0.551. The van der Waals surface area contributed by atoms with Gasteiger partial charge >= 0.3 is 0 Å². The number of aryl methyl sites for hydroxylation is 1. The molecule has 28 heavy (non-hydrogen) atoms. The van der Waals surface area contributed by atoms with Gasteiger partial charge in [0.25, 0.3) is 0 Å². The number of aromatic nitrogens is 3. The number of rotatable bonds is 8. The molecule has 1 aromatic heterocycles. The highest BCUT2D eigenvalue weighted by atomic mass is 35.5. The summed E-state index contributed by atoms with van der Waals surface area (Å²) in [7, 11) is 0. The van der Waals surface area contributed by atoms with Crippen LogP contribution in [-0.2, 0) is 0 Å². The summed E-state index contributed by atoms with van der Waals surface area (Å²) in [5.41, 5.74) is 2.07. The molecule has 0 fully saturated rings. The first-order valence-corrected chi connectivity index (χ1v) is 10.5. The quantitative estimate of drug-likeness (QED) is 0.412. The lowest BCUT2D eigenvalue weighted by Gasteiger charge is -2.31. The monoisotopic (exact) mass is 416 g/mol. The molecule has 0 spiro atoms. The van der Waals surface area contributed by atoms with Crippen LogP contribution in [0.1, 0.15) is 50.5 Å². The summed E-state index contributed by atoms with van der Waals surface area (Å²) in [5, 5.41) is 5.98. The highest BCUT2D eigenvalue weighted by Crippen LogP contribution is 2.31. The van der Waals surface area contributed by atoms with Crippen LogP contribution in [0.2, 0.25) is 10.0 Å². The van der Waals surface area contributed by atoms with Crippen molar-refractivity contribution in [3.8, 4) is 5.69 Å². The predicted molar refractivity (Wildman–Crippen MR) is 118 cm³/mol. The third-order valence-electron chi connectivity index (χ3n) is 4.74. The van der Waals surface area contributed by atoms with Gasteiger partial charge in [0.15, 0.2) is 0 Å². The van der Waals surface area contributed by atoms with Gasteiger partial charge in [0.1, 0.15) is 5.82 Å². The van der Waals surface area contributed by atoms with Gasteiger partial charge in [-0.3, -0.25) is 0 Å². The van der Waals surface area contributed by atoms with Crippen LogP contribution in [0.4, 0.5) is 5.95 Å². The summed E-state index contributed by atoms with van der Waals surface area (Å²) in [6.07, 6.45) is 3.14. The molecule has 0 aliphatic rings. The number of nitrogens with zero attached hydrogens (tertiary/aromatic N) is 4. The van der Waals surface area contributed by atoms with Crippen molar-refractivity contribution in [3.05, 3.63) is 70.0 Å². The summed E-state index contributed by atoms with van der Waals surface area (Å²) in [5.74, 6) is 1.52. The SMILES string of the molecule is CCCC(c1ccccc1)N(CCC)c1nc(C)n(-c2ccc(Cl)cc2Cl)n1. The van der Waals surface area contributed by atoms with E-state index >= 15 is 0 Å². The minimum atomic E-state index is 0.238. The fourth-order valence-corrected chi connectivity index (χ4v) is 3.95. The lowest BCUT2D eigenvalue weighted by Crippen LogP contribution is -2.30. The van der Waals surface area contributed by atoms with Crippen LogP contribution in [0.25, 0.3) is 5.69 Å². The number of hydrogen-bond donors (Lipinski definition) is 0. The first kappa shape index (κ1) is 20.7. The Morgan fingerprint density at radius 3 is 2.43 bits per heavy atom. The van der Waals surface area contributed by atoms with Crippen LogP contribution in [0.3, 0.4) is 0 Å². The third-order valence-corrected chi connectivity index (χ3v) is 5.28. The molecule has 1 atom stereocenters. The summed E-state index contributed by atoms with van der Waals surface area (Å²) < 4.78 is 1.80. The second kappa shape index (κ2) is 9.44. The molecule has 0 saturated heterocycles. The van der Waals surface area contributed by atoms with Crippen LogP contribution in [0, 0.1) is 6.92 Å². The van der Waals surface area contributed by atoms with E-state index in [1.165, 1.54) is 5.56 Å². The van der Waals surface area contributed by atoms with Crippen molar-refractivity contribution in [2.24, 2.45) is 0 Å². The van der Waals surface area contributed by atoms with E-state index in [-0.39, 0.29) is 6.04 Å². The van der Waals surface area contributed by atoms with Gasteiger partial charge in [-0.25, -0.2) is 4.68 Å². The molecule has 6 heteroatoms. The lowest BCUT2D eigenvalue weighted by atomic mass is 10.0. The average molecular weight is 417 g/mol. The molecule has 3 rings (SSSR count). The molecule has 0 aliphatic heterocycles. The Bertz CT molecular complexity index is 908. The van der Waals surface area contributed by atoms with E-state index in [0.717, 1.165) is 43.3 Å². The zero-order valence-corrected chi connectivity index (χ0v) is 18.1. The Morgan fingerprint density at radius 1 is 1.04 bits per heavy atom. The first-order valence-electron chi connectivity index (χ1n) is 9.75. The molecule has 0 radical (unpaired) electrons. The summed E-state index contributed by atoms with van der Waals surface area (Å²) >= 11 is 12.5. The molecule has 0 aliphatic carbocycles. The van der Waals surface area contributed by atoms with Gasteiger partial charge in [0.2, 0.25) is 5.95 Å². The number of hydrogen-bond acceptors (Lipinski definition) is 3. The van der Waals surface area contributed by atoms with E-state index in [4.69, 9.17) is 33.3 Å². The maximum atomic E-state index is 6.41. The van der Waals surface area contributed by atoms with Crippen LogP contribution >= 0.6 is 23.2 Å². The van der Waals surface area contributed by atoms with Gasteiger partial charge in [-0.1, -0.05) is 73.8 Å². The van der Waals surface area contributed by atoms with E-state index < -0.39 is 0 Å². The highest BCUT2D eigenvalue weighted by molar-refractivity contribution is 6.35. The second-order valence-electron chi connectivity index (χ2n) is 6.88. The number of halogens is 2. The van der Waals surface area contributed by atoms with E-state index in [2.05, 4.69) is 49.1 Å². The number of anilines is 1. The summed E-state index contributed by atoms with van der Waals surface area (Å²) in [4.78, 5) is 7.10. The van der Waals surface area contributed by atoms with Gasteiger partial charge in [-0.15, -0.1) is 5.10 Å². The molecule has 4 nitrogen and oxygen atoms in total. The maximum Gasteiger partial charge on any atom is 0.245 e. The molecule has 0 bridgehead atoms. The van der Waals surface area contributed by atoms with Crippen molar-refractivity contribution in [1.29, 1.82) is 0 Å². The van der Waals surface area contributed by atoms with Crippen molar-refractivity contribution < 1.29 is 0 Å². The zero-order chi connectivity index (χ0) is 20.1. The topological polar surface area (TPSA) is 34.0 Å². The molecule has 0 N–H and O–H groups in total. The standard InChI is InChI=1S/C22H26Cl2N4/c1-4-9-20(17-10-7-6-8-11-17)27(14-5-2)22-25-16(3)28(26-22)21-13-12-18(23)15-19(21)24/h6-8,10-13,15,20H,4-5,9,14H2,1-3H3. The molecule has 2 aromatic carbocycles. The van der Waals surface area contributed by atoms with Gasteiger partial charge in [-0.05, 0) is 43.5 Å². The first-order chi connectivity index (χ1) is 13.5. The van der Waals surface area contributed by atoms with Gasteiger partial charge in [0.05, 0.1) is 16.8 Å². The average Bonchev–Trinajstić information content (AvgIpc) is 3.06. The Kier molecular flexibility index (Phi) is 6.97. The zero-order valence-electron chi connectivity index (χ0n) is 16.6. The van der Waals surface area contributed by atoms with E-state index in [0.29, 0.717) is 10.0 Å². The fourth-order valence-electron chi connectivity index (χ4n) is 3.47. The van der Waals surface area contributed by atoms with Gasteiger partial charge in [-0.2, -0.15) is 4.98 Å². The molecule has 148 valence electrons. The van der Waals surface area contributed by atoms with Gasteiger partial charge in [0, 0.05) is 11.6 Å². The predicted octanol–water partition coefficient (Wildman–Crippen LogP) is 6.64. The van der Waals surface area contributed by atoms with Crippen LogP contribution in [0.15, 0.2) is 48.5 Å².